The van der Waals surface area contributed by atoms with Gasteiger partial charge in [-0.15, -0.1) is 0 Å². The van der Waals surface area contributed by atoms with Gasteiger partial charge in [-0.1, -0.05) is 91.0 Å². The van der Waals surface area contributed by atoms with Gasteiger partial charge >= 0.3 is 6.08 Å². The molecular weight excluding hydrogens is 310 g/mol. The molecule has 0 aliphatic carbocycles. The molecule has 0 bridgehead atoms. The highest BCUT2D eigenvalue weighted by Crippen LogP contribution is 2.35. The molecule has 25 heavy (non-hydrogen) atoms. The van der Waals surface area contributed by atoms with Gasteiger partial charge in [0.25, 0.3) is 0 Å². The monoisotopic (exact) mass is 327 g/mol. The molecule has 0 fully saturated rings. The molecule has 1 heterocycles. The molecule has 1 aromatic heterocycles. The Morgan fingerprint density at radius 1 is 0.680 bits per heavy atom. The molecule has 0 amide bonds. The summed E-state index contributed by atoms with van der Waals surface area (Å²) in [5, 5.41) is 0. The molecular formula is C22H17NO2. The first-order valence-corrected chi connectivity index (χ1v) is 8.18. The maximum atomic E-state index is 5.94. The van der Waals surface area contributed by atoms with Crippen molar-refractivity contribution >= 4 is 0 Å². The lowest BCUT2D eigenvalue weighted by molar-refractivity contribution is 0.222. The smallest absolute Gasteiger partial charge is 0.395 e. The van der Waals surface area contributed by atoms with Crippen LogP contribution in [0.15, 0.2) is 95.4 Å². The summed E-state index contributed by atoms with van der Waals surface area (Å²) in [7, 11) is 0. The molecule has 0 spiro atoms. The minimum atomic E-state index is 0.279. The molecule has 3 heteroatoms. The lowest BCUT2D eigenvalue weighted by atomic mass is 10.1. The number of hydrogen-bond acceptors (Lipinski definition) is 3. The van der Waals surface area contributed by atoms with E-state index >= 15 is 0 Å². The van der Waals surface area contributed by atoms with Crippen LogP contribution in [0.4, 0.5) is 0 Å². The summed E-state index contributed by atoms with van der Waals surface area (Å²) in [6.07, 6.45) is 0.279. The lowest BCUT2D eigenvalue weighted by Crippen LogP contribution is -1.94. The van der Waals surface area contributed by atoms with E-state index in [1.807, 2.05) is 91.0 Å². The van der Waals surface area contributed by atoms with Crippen LogP contribution in [0.5, 0.6) is 6.08 Å². The Morgan fingerprint density at radius 2 is 1.24 bits per heavy atom. The summed E-state index contributed by atoms with van der Waals surface area (Å²) in [5.41, 5.74) is 3.83. The molecule has 3 aromatic carbocycles. The van der Waals surface area contributed by atoms with Crippen LogP contribution in [-0.4, -0.2) is 4.98 Å². The van der Waals surface area contributed by atoms with Crippen LogP contribution in [0.25, 0.3) is 22.6 Å². The van der Waals surface area contributed by atoms with Gasteiger partial charge in [0.2, 0.25) is 0 Å². The molecule has 4 aromatic rings. The van der Waals surface area contributed by atoms with Gasteiger partial charge in [-0.25, -0.2) is 0 Å². The molecule has 0 atom stereocenters. The summed E-state index contributed by atoms with van der Waals surface area (Å²) in [6, 6.07) is 29.9. The van der Waals surface area contributed by atoms with Gasteiger partial charge in [0, 0.05) is 11.1 Å². The molecule has 122 valence electrons. The molecule has 0 aliphatic rings. The van der Waals surface area contributed by atoms with Crippen LogP contribution in [-0.2, 0) is 6.61 Å². The van der Waals surface area contributed by atoms with Crippen molar-refractivity contribution in [3.8, 4) is 28.7 Å². The van der Waals surface area contributed by atoms with Crippen molar-refractivity contribution in [3.63, 3.8) is 0 Å². The predicted molar refractivity (Wildman–Crippen MR) is 98.1 cm³/mol. The van der Waals surface area contributed by atoms with E-state index in [2.05, 4.69) is 4.98 Å². The van der Waals surface area contributed by atoms with Crippen molar-refractivity contribution in [2.24, 2.45) is 0 Å². The average molecular weight is 327 g/mol. The van der Waals surface area contributed by atoms with Crippen LogP contribution in [0, 0.1) is 0 Å². The Hall–Kier alpha value is -3.33. The molecule has 0 N–H and O–H groups in total. The molecule has 0 aliphatic heterocycles. The second-order valence-electron chi connectivity index (χ2n) is 5.66. The van der Waals surface area contributed by atoms with Crippen molar-refractivity contribution in [2.75, 3.05) is 0 Å². The van der Waals surface area contributed by atoms with Crippen LogP contribution < -0.4 is 4.74 Å². The Labute approximate surface area is 146 Å². The quantitative estimate of drug-likeness (QED) is 0.479. The summed E-state index contributed by atoms with van der Waals surface area (Å²) in [4.78, 5) is 4.58. The Morgan fingerprint density at radius 3 is 1.88 bits per heavy atom. The topological polar surface area (TPSA) is 35.3 Å². The van der Waals surface area contributed by atoms with Crippen molar-refractivity contribution in [1.82, 2.24) is 4.98 Å². The Kier molecular flexibility index (Phi) is 4.29. The number of oxazole rings is 1. The second kappa shape index (κ2) is 7.05. The third-order valence-electron chi connectivity index (χ3n) is 3.90. The number of nitrogens with zero attached hydrogens (tertiary/aromatic N) is 1. The normalized spacial score (nSPS) is 10.6. The van der Waals surface area contributed by atoms with Gasteiger partial charge in [0.15, 0.2) is 5.76 Å². The van der Waals surface area contributed by atoms with E-state index in [-0.39, 0.29) is 6.08 Å². The predicted octanol–water partition coefficient (Wildman–Crippen LogP) is 5.59. The number of rotatable bonds is 5. The largest absolute Gasteiger partial charge is 0.445 e. The van der Waals surface area contributed by atoms with Gasteiger partial charge < -0.3 is 9.15 Å². The van der Waals surface area contributed by atoms with E-state index in [0.717, 1.165) is 28.1 Å². The summed E-state index contributed by atoms with van der Waals surface area (Å²) in [5.74, 6) is 0.717. The van der Waals surface area contributed by atoms with Crippen molar-refractivity contribution in [3.05, 3.63) is 96.6 Å². The zero-order chi connectivity index (χ0) is 16.9. The fraction of sp³-hybridized carbons (Fsp3) is 0.0455. The zero-order valence-corrected chi connectivity index (χ0v) is 13.6. The Bertz CT molecular complexity index is 875. The van der Waals surface area contributed by atoms with E-state index in [9.17, 15) is 0 Å². The van der Waals surface area contributed by atoms with Crippen molar-refractivity contribution in [1.29, 1.82) is 0 Å². The molecule has 4 rings (SSSR count). The SMILES string of the molecule is c1ccc(COc2nc(-c3ccccc3)c(-c3ccccc3)o2)cc1. The fourth-order valence-electron chi connectivity index (χ4n) is 2.66. The first-order valence-electron chi connectivity index (χ1n) is 8.18. The van der Waals surface area contributed by atoms with Crippen LogP contribution in [0.3, 0.4) is 0 Å². The van der Waals surface area contributed by atoms with E-state index in [1.54, 1.807) is 0 Å². The third kappa shape index (κ3) is 3.45. The van der Waals surface area contributed by atoms with Gasteiger partial charge in [-0.3, -0.25) is 0 Å². The number of aromatic nitrogens is 1. The van der Waals surface area contributed by atoms with E-state index in [0.29, 0.717) is 6.61 Å². The first kappa shape index (κ1) is 15.2. The highest BCUT2D eigenvalue weighted by molar-refractivity contribution is 5.77. The van der Waals surface area contributed by atoms with Crippen molar-refractivity contribution < 1.29 is 9.15 Å². The van der Waals surface area contributed by atoms with Crippen LogP contribution >= 0.6 is 0 Å². The maximum absolute atomic E-state index is 5.94. The van der Waals surface area contributed by atoms with Gasteiger partial charge in [-0.05, 0) is 5.56 Å². The molecule has 0 saturated heterocycles. The Balaban J connectivity index is 1.68. The van der Waals surface area contributed by atoms with Crippen LogP contribution in [0.2, 0.25) is 0 Å². The lowest BCUT2D eigenvalue weighted by Gasteiger charge is -2.01. The minimum absolute atomic E-state index is 0.279. The summed E-state index contributed by atoms with van der Waals surface area (Å²) >= 11 is 0. The highest BCUT2D eigenvalue weighted by atomic mass is 16.6. The second-order valence-corrected chi connectivity index (χ2v) is 5.66. The molecule has 3 nitrogen and oxygen atoms in total. The summed E-state index contributed by atoms with van der Waals surface area (Å²) < 4.78 is 11.7. The van der Waals surface area contributed by atoms with Gasteiger partial charge in [-0.2, -0.15) is 4.98 Å². The minimum Gasteiger partial charge on any atom is -0.445 e. The van der Waals surface area contributed by atoms with Gasteiger partial charge in [0.1, 0.15) is 12.3 Å². The average Bonchev–Trinajstić information content (AvgIpc) is 3.13. The standard InChI is InChI=1S/C22H17NO2/c1-4-10-17(11-5-1)16-24-22-23-20(18-12-6-2-7-13-18)21(25-22)19-14-8-3-9-15-19/h1-15H,16H2. The van der Waals surface area contributed by atoms with E-state index in [4.69, 9.17) is 9.15 Å². The van der Waals surface area contributed by atoms with Crippen LogP contribution in [0.1, 0.15) is 5.56 Å². The van der Waals surface area contributed by atoms with E-state index < -0.39 is 0 Å². The van der Waals surface area contributed by atoms with Crippen molar-refractivity contribution in [2.45, 2.75) is 6.61 Å². The number of benzene rings is 3. The van der Waals surface area contributed by atoms with E-state index in [1.165, 1.54) is 0 Å². The molecule has 0 unspecified atom stereocenters. The maximum Gasteiger partial charge on any atom is 0.395 e. The first-order chi connectivity index (χ1) is 12.4. The summed E-state index contributed by atoms with van der Waals surface area (Å²) in [6.45, 7) is 0.420. The highest BCUT2D eigenvalue weighted by Gasteiger charge is 2.17. The molecule has 0 radical (unpaired) electrons. The third-order valence-corrected chi connectivity index (χ3v) is 3.90. The van der Waals surface area contributed by atoms with Gasteiger partial charge in [0.05, 0.1) is 0 Å². The fourth-order valence-corrected chi connectivity index (χ4v) is 2.66. The number of hydrogen-bond donors (Lipinski definition) is 0. The number of ether oxygens (including phenoxy) is 1. The zero-order valence-electron chi connectivity index (χ0n) is 13.6. The molecule has 0 saturated carbocycles.